The molecule has 0 aliphatic heterocycles. The van der Waals surface area contributed by atoms with Gasteiger partial charge in [-0.25, -0.2) is 0 Å². The molecule has 0 aliphatic rings. The van der Waals surface area contributed by atoms with Crippen LogP contribution in [0.2, 0.25) is 0 Å². The van der Waals surface area contributed by atoms with Crippen LogP contribution in [0, 0.1) is 11.3 Å². The first kappa shape index (κ1) is 19.9. The minimum atomic E-state index is 0. The molecule has 5 heteroatoms. The molecule has 2 aromatic carbocycles. The molecule has 24 heavy (non-hydrogen) atoms. The number of aromatic nitrogens is 1. The topological polar surface area (TPSA) is 39.9 Å². The van der Waals surface area contributed by atoms with E-state index in [0.717, 1.165) is 23.1 Å². The molecule has 3 nitrogen and oxygen atoms in total. The smallest absolute Gasteiger partial charge is 0.0872 e. The van der Waals surface area contributed by atoms with Crippen molar-refractivity contribution in [1.29, 1.82) is 5.26 Å². The average molecular weight is 360 g/mol. The van der Waals surface area contributed by atoms with Crippen LogP contribution in [0.15, 0.2) is 66.7 Å². The zero-order valence-electron chi connectivity index (χ0n) is 13.1. The molecule has 3 rings (SSSR count). The largest absolute Gasteiger partial charge is 0.280 e. The van der Waals surface area contributed by atoms with Crippen LogP contribution in [0.3, 0.4) is 0 Å². The number of benzene rings is 2. The minimum absolute atomic E-state index is 0. The minimum Gasteiger partial charge on any atom is -0.280 e. The summed E-state index contributed by atoms with van der Waals surface area (Å²) >= 11 is 0. The third-order valence-corrected chi connectivity index (χ3v) is 3.59. The van der Waals surface area contributed by atoms with Crippen LogP contribution in [-0.2, 0) is 13.1 Å². The number of hydrogen-bond acceptors (Lipinski definition) is 3. The summed E-state index contributed by atoms with van der Waals surface area (Å²) in [6, 6.07) is 24.7. The molecule has 0 N–H and O–H groups in total. The van der Waals surface area contributed by atoms with Gasteiger partial charge in [0.1, 0.15) is 0 Å². The van der Waals surface area contributed by atoms with Crippen molar-refractivity contribution in [3.05, 3.63) is 78.0 Å². The van der Waals surface area contributed by atoms with Gasteiger partial charge in [0.05, 0.1) is 23.8 Å². The highest BCUT2D eigenvalue weighted by atomic mass is 35.5. The number of halogens is 2. The van der Waals surface area contributed by atoms with E-state index in [1.54, 1.807) is 0 Å². The zero-order valence-corrected chi connectivity index (χ0v) is 14.8. The molecule has 3 aromatic rings. The lowest BCUT2D eigenvalue weighted by molar-refractivity contribution is 0.286. The SMILES string of the molecule is Cl.Cl.N#CCN(Cc1ccccc1)Cc1ccc2ccccc2n1. The van der Waals surface area contributed by atoms with E-state index in [1.807, 2.05) is 42.5 Å². The Kier molecular flexibility index (Phi) is 8.21. The molecule has 0 amide bonds. The first-order valence-electron chi connectivity index (χ1n) is 7.33. The maximum atomic E-state index is 9.05. The summed E-state index contributed by atoms with van der Waals surface area (Å²) in [5.41, 5.74) is 3.19. The van der Waals surface area contributed by atoms with Crippen molar-refractivity contribution < 1.29 is 0 Å². The monoisotopic (exact) mass is 359 g/mol. The maximum absolute atomic E-state index is 9.05. The van der Waals surface area contributed by atoms with Gasteiger partial charge in [-0.15, -0.1) is 24.8 Å². The fraction of sp³-hybridized carbons (Fsp3) is 0.158. The van der Waals surface area contributed by atoms with E-state index < -0.39 is 0 Å². The van der Waals surface area contributed by atoms with Crippen molar-refractivity contribution in [2.24, 2.45) is 0 Å². The third-order valence-electron chi connectivity index (χ3n) is 3.59. The summed E-state index contributed by atoms with van der Waals surface area (Å²) in [5.74, 6) is 0. The molecule has 0 unspecified atom stereocenters. The van der Waals surface area contributed by atoms with Crippen LogP contribution in [-0.4, -0.2) is 16.4 Å². The second kappa shape index (κ2) is 9.89. The van der Waals surface area contributed by atoms with E-state index in [4.69, 9.17) is 5.26 Å². The number of nitriles is 1. The normalized spacial score (nSPS) is 9.83. The Balaban J connectivity index is 0.00000144. The van der Waals surface area contributed by atoms with Crippen molar-refractivity contribution >= 4 is 35.7 Å². The first-order chi connectivity index (χ1) is 10.8. The molecule has 0 atom stereocenters. The highest BCUT2D eigenvalue weighted by molar-refractivity contribution is 5.85. The van der Waals surface area contributed by atoms with Gasteiger partial charge in [-0.05, 0) is 17.7 Å². The fourth-order valence-electron chi connectivity index (χ4n) is 2.53. The van der Waals surface area contributed by atoms with Crippen LogP contribution in [0.4, 0.5) is 0 Å². The van der Waals surface area contributed by atoms with Crippen molar-refractivity contribution in [2.75, 3.05) is 6.54 Å². The number of rotatable bonds is 5. The Labute approximate surface area is 154 Å². The standard InChI is InChI=1S/C19H17N3.2ClH/c20-12-13-22(14-16-6-2-1-3-7-16)15-18-11-10-17-8-4-5-9-19(17)21-18;;/h1-11H,13-15H2;2*1H. The van der Waals surface area contributed by atoms with Gasteiger partial charge in [-0.1, -0.05) is 54.6 Å². The first-order valence-corrected chi connectivity index (χ1v) is 7.33. The Morgan fingerprint density at radius 3 is 2.29 bits per heavy atom. The molecule has 1 aromatic heterocycles. The molecule has 0 spiro atoms. The fourth-order valence-corrected chi connectivity index (χ4v) is 2.53. The molecule has 0 radical (unpaired) electrons. The van der Waals surface area contributed by atoms with Crippen molar-refractivity contribution in [3.63, 3.8) is 0 Å². The summed E-state index contributed by atoms with van der Waals surface area (Å²) in [6.07, 6.45) is 0. The lowest BCUT2D eigenvalue weighted by atomic mass is 10.2. The zero-order chi connectivity index (χ0) is 15.2. The second-order valence-corrected chi connectivity index (χ2v) is 5.28. The molecular weight excluding hydrogens is 341 g/mol. The number of fused-ring (bicyclic) bond motifs is 1. The van der Waals surface area contributed by atoms with E-state index in [-0.39, 0.29) is 24.8 Å². The molecule has 0 saturated carbocycles. The van der Waals surface area contributed by atoms with Gasteiger partial charge in [-0.3, -0.25) is 9.88 Å². The summed E-state index contributed by atoms with van der Waals surface area (Å²) in [6.45, 7) is 1.82. The van der Waals surface area contributed by atoms with Crippen LogP contribution >= 0.6 is 24.8 Å². The lowest BCUT2D eigenvalue weighted by Gasteiger charge is -2.19. The highest BCUT2D eigenvalue weighted by Crippen LogP contribution is 2.14. The van der Waals surface area contributed by atoms with Crippen molar-refractivity contribution in [2.45, 2.75) is 13.1 Å². The molecular formula is C19H19Cl2N3. The van der Waals surface area contributed by atoms with Gasteiger partial charge in [-0.2, -0.15) is 5.26 Å². The second-order valence-electron chi connectivity index (χ2n) is 5.28. The summed E-state index contributed by atoms with van der Waals surface area (Å²) in [7, 11) is 0. The van der Waals surface area contributed by atoms with Gasteiger partial charge >= 0.3 is 0 Å². The van der Waals surface area contributed by atoms with E-state index in [2.05, 4.69) is 40.2 Å². The summed E-state index contributed by atoms with van der Waals surface area (Å²) in [4.78, 5) is 6.79. The number of hydrogen-bond donors (Lipinski definition) is 0. The van der Waals surface area contributed by atoms with E-state index in [9.17, 15) is 0 Å². The third kappa shape index (κ3) is 5.21. The van der Waals surface area contributed by atoms with E-state index >= 15 is 0 Å². The van der Waals surface area contributed by atoms with Gasteiger partial charge in [0.2, 0.25) is 0 Å². The van der Waals surface area contributed by atoms with Gasteiger partial charge in [0.25, 0.3) is 0 Å². The molecule has 0 saturated heterocycles. The van der Waals surface area contributed by atoms with E-state index in [1.165, 1.54) is 5.56 Å². The molecule has 124 valence electrons. The Hall–Kier alpha value is -2.12. The number of para-hydroxylation sites is 1. The number of nitrogens with zero attached hydrogens (tertiary/aromatic N) is 3. The van der Waals surface area contributed by atoms with Gasteiger partial charge < -0.3 is 0 Å². The Bertz CT molecular complexity index is 800. The Morgan fingerprint density at radius 1 is 0.833 bits per heavy atom. The van der Waals surface area contributed by atoms with Crippen molar-refractivity contribution in [1.82, 2.24) is 9.88 Å². The van der Waals surface area contributed by atoms with Crippen LogP contribution in [0.5, 0.6) is 0 Å². The molecule has 0 bridgehead atoms. The molecule has 0 aliphatic carbocycles. The predicted molar refractivity (Wildman–Crippen MR) is 102 cm³/mol. The Morgan fingerprint density at radius 2 is 1.54 bits per heavy atom. The number of pyridine rings is 1. The average Bonchev–Trinajstić information content (AvgIpc) is 2.56. The van der Waals surface area contributed by atoms with Crippen molar-refractivity contribution in [3.8, 4) is 6.07 Å². The highest BCUT2D eigenvalue weighted by Gasteiger charge is 2.08. The maximum Gasteiger partial charge on any atom is 0.0872 e. The van der Waals surface area contributed by atoms with Gasteiger partial charge in [0, 0.05) is 18.5 Å². The molecule has 0 fully saturated rings. The summed E-state index contributed by atoms with van der Waals surface area (Å²) in [5, 5.41) is 10.2. The van der Waals surface area contributed by atoms with E-state index in [0.29, 0.717) is 13.1 Å². The van der Waals surface area contributed by atoms with Crippen LogP contribution in [0.25, 0.3) is 10.9 Å². The quantitative estimate of drug-likeness (QED) is 0.624. The van der Waals surface area contributed by atoms with Gasteiger partial charge in [0.15, 0.2) is 0 Å². The van der Waals surface area contributed by atoms with Crippen LogP contribution < -0.4 is 0 Å². The molecule has 1 heterocycles. The lowest BCUT2D eigenvalue weighted by Crippen LogP contribution is -2.23. The predicted octanol–water partition coefficient (Wildman–Crippen LogP) is 4.60. The summed E-state index contributed by atoms with van der Waals surface area (Å²) < 4.78 is 0. The van der Waals surface area contributed by atoms with Crippen LogP contribution in [0.1, 0.15) is 11.3 Å².